The minimum Gasteiger partial charge on any atom is -0.433 e. The summed E-state index contributed by atoms with van der Waals surface area (Å²) in [4.78, 5) is 36.8. The highest BCUT2D eigenvalue weighted by atomic mass is 35.5. The van der Waals surface area contributed by atoms with Crippen molar-refractivity contribution in [3.05, 3.63) is 70.2 Å². The molecule has 3 atom stereocenters. The molecule has 2 aromatic carbocycles. The van der Waals surface area contributed by atoms with Gasteiger partial charge in [-0.15, -0.1) is 0 Å². The van der Waals surface area contributed by atoms with Crippen LogP contribution in [0.15, 0.2) is 58.8 Å². The van der Waals surface area contributed by atoms with Crippen LogP contribution in [-0.4, -0.2) is 49.1 Å². The number of ether oxygens (including phenoxy) is 1. The molecule has 1 unspecified atom stereocenters. The number of hydrogen-bond acceptors (Lipinski definition) is 7. The Morgan fingerprint density at radius 2 is 1.91 bits per heavy atom. The Labute approximate surface area is 208 Å². The van der Waals surface area contributed by atoms with Gasteiger partial charge in [-0.05, 0) is 37.0 Å². The minimum atomic E-state index is -0.908. The van der Waals surface area contributed by atoms with Gasteiger partial charge in [0.1, 0.15) is 7.11 Å². The number of nitrogens with zero attached hydrogens (tertiary/aromatic N) is 3. The van der Waals surface area contributed by atoms with Gasteiger partial charge in [-0.3, -0.25) is 4.79 Å². The molecule has 2 amide bonds. The Balaban J connectivity index is 1.97. The molecule has 10 heteroatoms. The molecule has 0 heterocycles. The van der Waals surface area contributed by atoms with Crippen LogP contribution in [-0.2, 0) is 19.2 Å². The largest absolute Gasteiger partial charge is 0.433 e. The third-order valence-electron chi connectivity index (χ3n) is 5.47. The summed E-state index contributed by atoms with van der Waals surface area (Å²) in [5.41, 5.74) is 2.21. The summed E-state index contributed by atoms with van der Waals surface area (Å²) < 4.78 is 4.72. The maximum atomic E-state index is 13.1. The van der Waals surface area contributed by atoms with E-state index in [9.17, 15) is 9.59 Å². The summed E-state index contributed by atoms with van der Waals surface area (Å²) in [6, 6.07) is 14.5. The number of hydrogen-bond donors (Lipinski definition) is 0. The van der Waals surface area contributed by atoms with E-state index in [1.165, 1.54) is 14.2 Å². The maximum absolute atomic E-state index is 13.1. The Hall–Kier alpha value is -3.10. The lowest BCUT2D eigenvalue weighted by Gasteiger charge is -2.21. The zero-order chi connectivity index (χ0) is 24.7. The maximum Gasteiger partial charge on any atom is 0.417 e. The van der Waals surface area contributed by atoms with Gasteiger partial charge in [0.15, 0.2) is 17.9 Å². The van der Waals surface area contributed by atoms with Crippen molar-refractivity contribution in [2.45, 2.75) is 25.4 Å². The third kappa shape index (κ3) is 5.87. The molecule has 1 saturated carbocycles. The molecule has 0 spiro atoms. The molecular formula is C24H25Cl2N3O5. The second-order valence-electron chi connectivity index (χ2n) is 7.54. The van der Waals surface area contributed by atoms with Gasteiger partial charge in [0.2, 0.25) is 0 Å². The van der Waals surface area contributed by atoms with Crippen LogP contribution in [0.5, 0.6) is 0 Å². The molecular weight excluding hydrogens is 481 g/mol. The lowest BCUT2D eigenvalue weighted by atomic mass is 9.94. The van der Waals surface area contributed by atoms with Crippen molar-refractivity contribution < 1.29 is 24.0 Å². The Morgan fingerprint density at radius 1 is 1.21 bits per heavy atom. The van der Waals surface area contributed by atoms with E-state index in [-0.39, 0.29) is 23.6 Å². The number of imide groups is 1. The van der Waals surface area contributed by atoms with Crippen molar-refractivity contribution in [1.29, 1.82) is 0 Å². The summed E-state index contributed by atoms with van der Waals surface area (Å²) in [6.07, 6.45) is 1.05. The molecule has 0 bridgehead atoms. The number of alkyl halides is 1. The van der Waals surface area contributed by atoms with E-state index in [4.69, 9.17) is 37.6 Å². The smallest absolute Gasteiger partial charge is 0.417 e. The fourth-order valence-electron chi connectivity index (χ4n) is 3.78. The zero-order valence-corrected chi connectivity index (χ0v) is 20.5. The second-order valence-corrected chi connectivity index (χ2v) is 8.20. The molecule has 0 aliphatic heterocycles. The van der Waals surface area contributed by atoms with Crippen LogP contribution in [0.25, 0.3) is 0 Å². The summed E-state index contributed by atoms with van der Waals surface area (Å²) >= 11 is 11.5. The fourth-order valence-corrected chi connectivity index (χ4v) is 3.99. The van der Waals surface area contributed by atoms with Crippen LogP contribution in [0.4, 0.5) is 4.79 Å². The number of carbonyl (C=O) groups excluding carboxylic acids is 2. The van der Waals surface area contributed by atoms with Crippen molar-refractivity contribution in [2.75, 3.05) is 20.2 Å². The van der Waals surface area contributed by atoms with Gasteiger partial charge in [0.05, 0.1) is 0 Å². The van der Waals surface area contributed by atoms with E-state index in [1.807, 2.05) is 36.4 Å². The minimum absolute atomic E-state index is 0.0788. The average molecular weight is 506 g/mol. The number of carbonyl (C=O) groups is 2. The quantitative estimate of drug-likeness (QED) is 0.260. The molecule has 1 fully saturated rings. The molecule has 1 aliphatic carbocycles. The predicted octanol–water partition coefficient (Wildman–Crippen LogP) is 5.35. The Morgan fingerprint density at radius 3 is 2.56 bits per heavy atom. The van der Waals surface area contributed by atoms with Gasteiger partial charge in [-0.1, -0.05) is 69.9 Å². The molecule has 0 saturated heterocycles. The molecule has 34 heavy (non-hydrogen) atoms. The van der Waals surface area contributed by atoms with E-state index in [2.05, 4.69) is 10.3 Å². The van der Waals surface area contributed by atoms with E-state index >= 15 is 0 Å². The van der Waals surface area contributed by atoms with Crippen molar-refractivity contribution in [2.24, 2.45) is 16.2 Å². The normalized spacial score (nSPS) is 18.3. The van der Waals surface area contributed by atoms with Crippen molar-refractivity contribution in [3.63, 3.8) is 0 Å². The first-order valence-electron chi connectivity index (χ1n) is 10.5. The fraction of sp³-hybridized carbons (Fsp3) is 0.333. The lowest BCUT2D eigenvalue weighted by Crippen LogP contribution is -2.39. The summed E-state index contributed by atoms with van der Waals surface area (Å²) in [5, 5.41) is 8.63. The van der Waals surface area contributed by atoms with Crippen molar-refractivity contribution in [1.82, 2.24) is 4.90 Å². The number of oxime groups is 2. The highest BCUT2D eigenvalue weighted by Gasteiger charge is 2.47. The van der Waals surface area contributed by atoms with Gasteiger partial charge < -0.3 is 14.4 Å². The first-order chi connectivity index (χ1) is 16.4. The predicted molar refractivity (Wildman–Crippen MR) is 130 cm³/mol. The molecule has 180 valence electrons. The molecule has 0 aromatic heterocycles. The average Bonchev–Trinajstić information content (AvgIpc) is 3.63. The van der Waals surface area contributed by atoms with Crippen LogP contribution < -0.4 is 0 Å². The van der Waals surface area contributed by atoms with Gasteiger partial charge in [-0.25, -0.2) is 9.69 Å². The van der Waals surface area contributed by atoms with E-state index < -0.39 is 18.1 Å². The number of halogens is 2. The molecule has 1 aliphatic rings. The molecule has 0 N–H and O–H groups in total. The highest BCUT2D eigenvalue weighted by Crippen LogP contribution is 2.56. The van der Waals surface area contributed by atoms with Gasteiger partial charge in [-0.2, -0.15) is 0 Å². The van der Waals surface area contributed by atoms with E-state index in [1.54, 1.807) is 25.3 Å². The number of likely N-dealkylation sites (N-methyl/N-ethyl adjacent to an activating group) is 1. The van der Waals surface area contributed by atoms with Crippen LogP contribution >= 0.6 is 23.2 Å². The summed E-state index contributed by atoms with van der Waals surface area (Å²) in [5.74, 6) is -0.377. The monoisotopic (exact) mass is 505 g/mol. The summed E-state index contributed by atoms with van der Waals surface area (Å²) in [6.45, 7) is 1.76. The Kier molecular flexibility index (Phi) is 8.90. The van der Waals surface area contributed by atoms with Crippen LogP contribution in [0.1, 0.15) is 42.1 Å². The van der Waals surface area contributed by atoms with E-state index in [0.717, 1.165) is 16.9 Å². The molecule has 8 nitrogen and oxygen atoms in total. The second kappa shape index (κ2) is 11.9. The SMILES string of the molecule is CC=NOC(c1ccccc1C(=NOC)C(=O)N(C)C(=O)OCCl)[C@@H]1C[C@H]1c1ccc(Cl)cc1. The first-order valence-corrected chi connectivity index (χ1v) is 11.4. The van der Waals surface area contributed by atoms with Crippen LogP contribution in [0, 0.1) is 5.92 Å². The van der Waals surface area contributed by atoms with Crippen LogP contribution in [0.2, 0.25) is 5.02 Å². The first kappa shape index (κ1) is 25.5. The van der Waals surface area contributed by atoms with Gasteiger partial charge in [0, 0.05) is 35.3 Å². The van der Waals surface area contributed by atoms with Gasteiger partial charge in [0.25, 0.3) is 5.91 Å². The lowest BCUT2D eigenvalue weighted by molar-refractivity contribution is -0.121. The molecule has 3 rings (SSSR count). The third-order valence-corrected chi connectivity index (χ3v) is 5.83. The highest BCUT2D eigenvalue weighted by molar-refractivity contribution is 6.47. The number of rotatable bonds is 9. The standard InChI is InChI=1S/C24H25Cl2N3O5/c1-4-27-34-22(20-13-19(20)15-9-11-16(26)12-10-15)18-8-6-5-7-17(18)21(28-32-3)23(30)29(2)24(31)33-14-25/h4-12,19-20,22H,13-14H2,1-3H3/t19-,20+,22?/m0/s1. The summed E-state index contributed by atoms with van der Waals surface area (Å²) in [7, 11) is 2.59. The number of amides is 2. The molecule has 0 radical (unpaired) electrons. The number of benzene rings is 2. The zero-order valence-electron chi connectivity index (χ0n) is 19.0. The van der Waals surface area contributed by atoms with Crippen molar-refractivity contribution in [3.8, 4) is 0 Å². The van der Waals surface area contributed by atoms with Crippen LogP contribution in [0.3, 0.4) is 0 Å². The van der Waals surface area contributed by atoms with E-state index in [0.29, 0.717) is 16.1 Å². The van der Waals surface area contributed by atoms with Crippen molar-refractivity contribution >= 4 is 47.1 Å². The Bertz CT molecular complexity index is 1070. The molecule has 2 aromatic rings. The topological polar surface area (TPSA) is 89.8 Å². The van der Waals surface area contributed by atoms with Gasteiger partial charge >= 0.3 is 6.09 Å².